The van der Waals surface area contributed by atoms with Crippen molar-refractivity contribution in [1.29, 1.82) is 0 Å². The number of aryl methyl sites for hydroxylation is 1. The number of benzene rings is 2. The van der Waals surface area contributed by atoms with Crippen molar-refractivity contribution < 1.29 is 9.53 Å². The van der Waals surface area contributed by atoms with Gasteiger partial charge in [0, 0.05) is 24.8 Å². The number of nitrogens with one attached hydrogen (secondary N) is 2. The van der Waals surface area contributed by atoms with Gasteiger partial charge in [-0.3, -0.25) is 10.1 Å². The molecular weight excluding hydrogens is 402 g/mol. The third kappa shape index (κ3) is 5.29. The maximum Gasteiger partial charge on any atom is 0.227 e. The van der Waals surface area contributed by atoms with Crippen molar-refractivity contribution >= 4 is 35.0 Å². The van der Waals surface area contributed by atoms with Gasteiger partial charge in [-0.2, -0.15) is 10.1 Å². The molecule has 1 aromatic heterocycles. The van der Waals surface area contributed by atoms with Crippen LogP contribution in [0, 0.1) is 0 Å². The van der Waals surface area contributed by atoms with Gasteiger partial charge in [-0.1, -0.05) is 36.4 Å². The first-order valence-corrected chi connectivity index (χ1v) is 10.2. The SMILES string of the molecule is Cl.Cn1nc(C2CCNCC2)nc1NC(=O)CCCOc1cccc2ccccc12. The van der Waals surface area contributed by atoms with Gasteiger partial charge in [0.15, 0.2) is 5.82 Å². The molecule has 0 aliphatic carbocycles. The summed E-state index contributed by atoms with van der Waals surface area (Å²) in [6.45, 7) is 2.46. The summed E-state index contributed by atoms with van der Waals surface area (Å²) >= 11 is 0. The zero-order chi connectivity index (χ0) is 20.1. The number of carbonyl (C=O) groups excluding carboxylic acids is 1. The first kappa shape index (κ1) is 22.1. The van der Waals surface area contributed by atoms with Gasteiger partial charge in [-0.25, -0.2) is 4.68 Å². The highest BCUT2D eigenvalue weighted by Crippen LogP contribution is 2.25. The molecule has 0 radical (unpaired) electrons. The van der Waals surface area contributed by atoms with Gasteiger partial charge in [-0.05, 0) is 43.8 Å². The predicted molar refractivity (Wildman–Crippen MR) is 120 cm³/mol. The molecule has 1 amide bonds. The lowest BCUT2D eigenvalue weighted by Crippen LogP contribution is -2.27. The number of carbonyl (C=O) groups is 1. The van der Waals surface area contributed by atoms with Crippen LogP contribution in [0.25, 0.3) is 10.8 Å². The van der Waals surface area contributed by atoms with Gasteiger partial charge in [-0.15, -0.1) is 12.4 Å². The lowest BCUT2D eigenvalue weighted by atomic mass is 9.98. The molecule has 0 saturated carbocycles. The maximum atomic E-state index is 12.3. The van der Waals surface area contributed by atoms with E-state index in [1.165, 1.54) is 0 Å². The van der Waals surface area contributed by atoms with Crippen LogP contribution >= 0.6 is 12.4 Å². The van der Waals surface area contributed by atoms with E-state index in [-0.39, 0.29) is 18.3 Å². The number of ether oxygens (including phenoxy) is 1. The number of rotatable bonds is 7. The summed E-state index contributed by atoms with van der Waals surface area (Å²) in [6, 6.07) is 14.1. The smallest absolute Gasteiger partial charge is 0.227 e. The Bertz CT molecular complexity index is 979. The van der Waals surface area contributed by atoms with Crippen molar-refractivity contribution in [3.05, 3.63) is 48.3 Å². The highest BCUT2D eigenvalue weighted by atomic mass is 35.5. The molecule has 7 nitrogen and oxygen atoms in total. The molecule has 160 valence electrons. The highest BCUT2D eigenvalue weighted by molar-refractivity contribution is 5.89. The number of fused-ring (bicyclic) bond motifs is 1. The topological polar surface area (TPSA) is 81.1 Å². The summed E-state index contributed by atoms with van der Waals surface area (Å²) in [6.07, 6.45) is 3.07. The predicted octanol–water partition coefficient (Wildman–Crippen LogP) is 3.65. The number of piperidine rings is 1. The zero-order valence-electron chi connectivity index (χ0n) is 17.1. The van der Waals surface area contributed by atoms with Crippen molar-refractivity contribution in [1.82, 2.24) is 20.1 Å². The molecule has 0 unspecified atom stereocenters. The minimum atomic E-state index is -0.0705. The fourth-order valence-electron chi connectivity index (χ4n) is 3.69. The molecule has 30 heavy (non-hydrogen) atoms. The van der Waals surface area contributed by atoms with Gasteiger partial charge >= 0.3 is 0 Å². The largest absolute Gasteiger partial charge is 0.493 e. The van der Waals surface area contributed by atoms with E-state index in [0.717, 1.165) is 48.3 Å². The number of nitrogens with zero attached hydrogens (tertiary/aromatic N) is 3. The minimum absolute atomic E-state index is 0. The van der Waals surface area contributed by atoms with E-state index < -0.39 is 0 Å². The number of halogens is 1. The van der Waals surface area contributed by atoms with E-state index in [4.69, 9.17) is 4.74 Å². The van der Waals surface area contributed by atoms with Crippen LogP contribution in [-0.2, 0) is 11.8 Å². The Morgan fingerprint density at radius 1 is 1.20 bits per heavy atom. The summed E-state index contributed by atoms with van der Waals surface area (Å²) in [5.74, 6) is 2.48. The minimum Gasteiger partial charge on any atom is -0.493 e. The fourth-order valence-corrected chi connectivity index (χ4v) is 3.69. The number of hydrogen-bond acceptors (Lipinski definition) is 5. The Morgan fingerprint density at radius 3 is 2.80 bits per heavy atom. The van der Waals surface area contributed by atoms with Crippen LogP contribution in [0.5, 0.6) is 5.75 Å². The quantitative estimate of drug-likeness (QED) is 0.560. The van der Waals surface area contributed by atoms with E-state index in [2.05, 4.69) is 32.8 Å². The molecule has 1 aliphatic rings. The summed E-state index contributed by atoms with van der Waals surface area (Å²) in [7, 11) is 1.82. The molecule has 8 heteroatoms. The molecular formula is C22H28ClN5O2. The lowest BCUT2D eigenvalue weighted by molar-refractivity contribution is -0.116. The Labute approximate surface area is 182 Å². The van der Waals surface area contributed by atoms with E-state index in [0.29, 0.717) is 31.3 Å². The molecule has 0 spiro atoms. The van der Waals surface area contributed by atoms with E-state index in [9.17, 15) is 4.79 Å². The standard InChI is InChI=1S/C22H27N5O2.ClH/c1-27-22(25-21(26-27)17-11-13-23-14-12-17)24-20(28)10-5-15-29-19-9-4-7-16-6-2-3-8-18(16)19;/h2-4,6-9,17,23H,5,10-15H2,1H3,(H,24,25,26,28);1H. The average Bonchev–Trinajstić information content (AvgIpc) is 3.12. The van der Waals surface area contributed by atoms with Gasteiger partial charge in [0.2, 0.25) is 11.9 Å². The maximum absolute atomic E-state index is 12.3. The van der Waals surface area contributed by atoms with E-state index >= 15 is 0 Å². The Morgan fingerprint density at radius 2 is 1.97 bits per heavy atom. The van der Waals surface area contributed by atoms with Crippen molar-refractivity contribution in [3.8, 4) is 5.75 Å². The summed E-state index contributed by atoms with van der Waals surface area (Å²) in [4.78, 5) is 16.9. The molecule has 1 aliphatic heterocycles. The third-order valence-corrected chi connectivity index (χ3v) is 5.29. The number of aromatic nitrogens is 3. The second-order valence-corrected chi connectivity index (χ2v) is 7.42. The normalized spacial score (nSPS) is 14.3. The molecule has 1 fully saturated rings. The van der Waals surface area contributed by atoms with Crippen LogP contribution in [0.15, 0.2) is 42.5 Å². The molecule has 4 rings (SSSR count). The first-order valence-electron chi connectivity index (χ1n) is 10.2. The average molecular weight is 430 g/mol. The van der Waals surface area contributed by atoms with Crippen molar-refractivity contribution in [2.24, 2.45) is 7.05 Å². The van der Waals surface area contributed by atoms with E-state index in [1.54, 1.807) is 4.68 Å². The summed E-state index contributed by atoms with van der Waals surface area (Å²) < 4.78 is 7.56. The van der Waals surface area contributed by atoms with Gasteiger partial charge in [0.05, 0.1) is 6.61 Å². The highest BCUT2D eigenvalue weighted by Gasteiger charge is 2.21. The monoisotopic (exact) mass is 429 g/mol. The first-order chi connectivity index (χ1) is 14.2. The Kier molecular flexibility index (Phi) is 7.65. The van der Waals surface area contributed by atoms with E-state index in [1.807, 2.05) is 37.4 Å². The molecule has 3 aromatic rings. The molecule has 2 aromatic carbocycles. The number of amides is 1. The van der Waals surface area contributed by atoms with Crippen LogP contribution in [0.2, 0.25) is 0 Å². The zero-order valence-corrected chi connectivity index (χ0v) is 18.0. The van der Waals surface area contributed by atoms with Gasteiger partial charge in [0.25, 0.3) is 0 Å². The molecule has 1 saturated heterocycles. The fraction of sp³-hybridized carbons (Fsp3) is 0.409. The lowest BCUT2D eigenvalue weighted by Gasteiger charge is -2.19. The Hall–Kier alpha value is -2.64. The van der Waals surface area contributed by atoms with Gasteiger partial charge < -0.3 is 10.1 Å². The second kappa shape index (κ2) is 10.4. The summed E-state index contributed by atoms with van der Waals surface area (Å²) in [5.41, 5.74) is 0. The number of hydrogen-bond donors (Lipinski definition) is 2. The van der Waals surface area contributed by atoms with Crippen LogP contribution in [0.3, 0.4) is 0 Å². The Balaban J connectivity index is 0.00000256. The molecule has 0 bridgehead atoms. The third-order valence-electron chi connectivity index (χ3n) is 5.29. The van der Waals surface area contributed by atoms with Crippen LogP contribution < -0.4 is 15.4 Å². The van der Waals surface area contributed by atoms with Crippen molar-refractivity contribution in [3.63, 3.8) is 0 Å². The van der Waals surface area contributed by atoms with Gasteiger partial charge in [0.1, 0.15) is 5.75 Å². The van der Waals surface area contributed by atoms with Crippen LogP contribution in [-0.4, -0.2) is 40.4 Å². The molecule has 2 N–H and O–H groups in total. The van der Waals surface area contributed by atoms with Crippen molar-refractivity contribution in [2.75, 3.05) is 25.0 Å². The van der Waals surface area contributed by atoms with Crippen LogP contribution in [0.1, 0.15) is 37.4 Å². The summed E-state index contributed by atoms with van der Waals surface area (Å²) in [5, 5.41) is 12.9. The number of anilines is 1. The van der Waals surface area contributed by atoms with Crippen LogP contribution in [0.4, 0.5) is 5.95 Å². The van der Waals surface area contributed by atoms with Crippen molar-refractivity contribution in [2.45, 2.75) is 31.6 Å². The molecule has 2 heterocycles. The second-order valence-electron chi connectivity index (χ2n) is 7.42. The molecule has 0 atom stereocenters.